The maximum absolute atomic E-state index is 12.0. The van der Waals surface area contributed by atoms with Crippen LogP contribution in [0.5, 0.6) is 0 Å². The van der Waals surface area contributed by atoms with Crippen molar-refractivity contribution in [2.24, 2.45) is 0 Å². The van der Waals surface area contributed by atoms with Gasteiger partial charge in [0.2, 0.25) is 0 Å². The monoisotopic (exact) mass is 317 g/mol. The molecule has 0 spiro atoms. The molecule has 0 aromatic rings. The molecule has 1 N–H and O–H groups in total. The lowest BCUT2D eigenvalue weighted by atomic mass is 10.2. The fourth-order valence-corrected chi connectivity index (χ4v) is 1.78. The highest BCUT2D eigenvalue weighted by atomic mass is 16.5. The summed E-state index contributed by atoms with van der Waals surface area (Å²) in [5, 5.41) is 9.10. The Morgan fingerprint density at radius 2 is 1.91 bits per heavy atom. The van der Waals surface area contributed by atoms with Crippen molar-refractivity contribution in [3.63, 3.8) is 0 Å². The minimum atomic E-state index is -3.01. The van der Waals surface area contributed by atoms with Crippen molar-refractivity contribution < 1.29 is 28.0 Å². The third-order valence-electron chi connectivity index (χ3n) is 2.76. The van der Waals surface area contributed by atoms with Gasteiger partial charge in [-0.1, -0.05) is 31.9 Å². The largest absolute Gasteiger partial charge is 0.481 e. The van der Waals surface area contributed by atoms with Gasteiger partial charge in [-0.3, -0.25) is 9.59 Å². The summed E-state index contributed by atoms with van der Waals surface area (Å²) in [5.41, 5.74) is 0. The van der Waals surface area contributed by atoms with Gasteiger partial charge < -0.3 is 14.3 Å². The Morgan fingerprint density at radius 3 is 2.45 bits per heavy atom. The van der Waals surface area contributed by atoms with E-state index in [1.807, 2.05) is 12.2 Å². The molecule has 5 heteroatoms. The van der Waals surface area contributed by atoms with E-state index in [0.29, 0.717) is 6.42 Å². The molecule has 0 aliphatic rings. The number of esters is 1. The summed E-state index contributed by atoms with van der Waals surface area (Å²) in [6.07, 6.45) is 3.06. The van der Waals surface area contributed by atoms with Gasteiger partial charge in [0, 0.05) is 9.16 Å². The molecule has 1 atom stereocenters. The first-order valence-electron chi connectivity index (χ1n) is 9.26. The SMILES string of the molecule is [2H]C(C[N+](C)(C)C)(OC(=O)CC/C=C\CCCCC)C([2H])([2H])C(=O)O. The number of allylic oxidation sites excluding steroid dienone is 2. The zero-order valence-corrected chi connectivity index (χ0v) is 14.2. The van der Waals surface area contributed by atoms with Crippen LogP contribution in [0, 0.1) is 0 Å². The number of quaternary nitrogens is 1. The van der Waals surface area contributed by atoms with Gasteiger partial charge in [-0.25, -0.2) is 0 Å². The summed E-state index contributed by atoms with van der Waals surface area (Å²) >= 11 is 0. The lowest BCUT2D eigenvalue weighted by molar-refractivity contribution is -0.873. The van der Waals surface area contributed by atoms with E-state index in [4.69, 9.17) is 14.0 Å². The van der Waals surface area contributed by atoms with Crippen LogP contribution in [0.15, 0.2) is 12.2 Å². The highest BCUT2D eigenvalue weighted by Gasteiger charge is 2.24. The second kappa shape index (κ2) is 11.2. The number of carboxylic acids is 1. The molecule has 22 heavy (non-hydrogen) atoms. The molecule has 0 aromatic heterocycles. The first-order chi connectivity index (χ1) is 11.4. The Balaban J connectivity index is 4.81. The van der Waals surface area contributed by atoms with Crippen molar-refractivity contribution in [2.45, 2.75) is 57.9 Å². The molecule has 128 valence electrons. The summed E-state index contributed by atoms with van der Waals surface area (Å²) in [6.45, 7) is 1.84. The quantitative estimate of drug-likeness (QED) is 0.260. The van der Waals surface area contributed by atoms with Crippen LogP contribution >= 0.6 is 0 Å². The van der Waals surface area contributed by atoms with Crippen LogP contribution in [-0.2, 0) is 14.3 Å². The summed E-state index contributed by atoms with van der Waals surface area (Å²) in [7, 11) is 5.02. The van der Waals surface area contributed by atoms with Crippen LogP contribution in [0.3, 0.4) is 0 Å². The van der Waals surface area contributed by atoms with Crippen molar-refractivity contribution >= 4 is 11.9 Å². The number of carbonyl (C=O) groups excluding carboxylic acids is 1. The summed E-state index contributed by atoms with van der Waals surface area (Å²) in [4.78, 5) is 23.2. The molecular weight excluding hydrogens is 282 g/mol. The van der Waals surface area contributed by atoms with Crippen LogP contribution in [0.1, 0.15) is 55.9 Å². The average Bonchev–Trinajstić information content (AvgIpc) is 2.43. The Kier molecular flexibility index (Phi) is 7.94. The number of ether oxygens (including phenoxy) is 1. The second-order valence-electron chi connectivity index (χ2n) is 6.28. The van der Waals surface area contributed by atoms with Gasteiger partial charge in [0.25, 0.3) is 0 Å². The van der Waals surface area contributed by atoms with E-state index in [1.54, 1.807) is 21.1 Å². The van der Waals surface area contributed by atoms with Crippen LogP contribution in [0.2, 0.25) is 0 Å². The topological polar surface area (TPSA) is 63.6 Å². The number of hydrogen-bond acceptors (Lipinski definition) is 3. The maximum Gasteiger partial charge on any atom is 0.307 e. The zero-order chi connectivity index (χ0) is 19.7. The number of aliphatic carboxylic acids is 1. The number of carbonyl (C=O) groups is 2. The fourth-order valence-electron chi connectivity index (χ4n) is 1.78. The molecule has 0 aliphatic carbocycles. The molecule has 0 fully saturated rings. The fraction of sp³-hybridized carbons (Fsp3) is 0.765. The summed E-state index contributed by atoms with van der Waals surface area (Å²) in [5.74, 6) is -2.59. The Hall–Kier alpha value is -1.36. The smallest absolute Gasteiger partial charge is 0.307 e. The average molecular weight is 317 g/mol. The van der Waals surface area contributed by atoms with Gasteiger partial charge in [0.05, 0.1) is 28.9 Å². The van der Waals surface area contributed by atoms with Crippen molar-refractivity contribution in [1.82, 2.24) is 0 Å². The van der Waals surface area contributed by atoms with Crippen LogP contribution < -0.4 is 0 Å². The van der Waals surface area contributed by atoms with Gasteiger partial charge in [-0.05, 0) is 19.3 Å². The predicted octanol–water partition coefficient (Wildman–Crippen LogP) is 3.00. The first kappa shape index (κ1) is 15.5. The molecule has 0 bridgehead atoms. The number of hydrogen-bond donors (Lipinski definition) is 1. The van der Waals surface area contributed by atoms with E-state index in [0.717, 1.165) is 25.7 Å². The minimum Gasteiger partial charge on any atom is -0.481 e. The third-order valence-corrected chi connectivity index (χ3v) is 2.76. The molecule has 0 saturated carbocycles. The highest BCUT2D eigenvalue weighted by molar-refractivity contribution is 5.71. The molecule has 0 rings (SSSR count). The first-order valence-corrected chi connectivity index (χ1v) is 7.76. The van der Waals surface area contributed by atoms with Gasteiger partial charge in [-0.15, -0.1) is 0 Å². The summed E-state index contributed by atoms with van der Waals surface area (Å²) < 4.78 is 28.7. The van der Waals surface area contributed by atoms with Crippen LogP contribution in [0.25, 0.3) is 0 Å². The molecule has 1 unspecified atom stereocenters. The summed E-state index contributed by atoms with van der Waals surface area (Å²) in [6, 6.07) is 0. The number of likely N-dealkylation sites (N-methyl/N-ethyl adjacent to an activating group) is 1. The van der Waals surface area contributed by atoms with E-state index >= 15 is 0 Å². The maximum atomic E-state index is 12.0. The predicted molar refractivity (Wildman–Crippen MR) is 87.5 cm³/mol. The van der Waals surface area contributed by atoms with Gasteiger partial charge in [0.15, 0.2) is 6.08 Å². The zero-order valence-electron chi connectivity index (χ0n) is 17.2. The molecule has 0 amide bonds. The van der Waals surface area contributed by atoms with Crippen molar-refractivity contribution in [3.05, 3.63) is 12.2 Å². The van der Waals surface area contributed by atoms with Crippen LogP contribution in [0.4, 0.5) is 0 Å². The number of unbranched alkanes of at least 4 members (excludes halogenated alkanes) is 3. The number of rotatable bonds is 12. The van der Waals surface area contributed by atoms with E-state index in [-0.39, 0.29) is 17.4 Å². The molecule has 0 saturated heterocycles. The molecule has 0 aliphatic heterocycles. The third kappa shape index (κ3) is 13.6. The Bertz CT molecular complexity index is 475. The highest BCUT2D eigenvalue weighted by Crippen LogP contribution is 2.08. The standard InChI is InChI=1S/C17H31NO4/c1-5-6-7-8-9-10-11-12-17(21)22-15(13-16(19)20)14-18(2,3)4/h9-10,15H,5-8,11-14H2,1-4H3/p+1/b10-9-/i13D2,15D. The molecule has 0 heterocycles. The van der Waals surface area contributed by atoms with Gasteiger partial charge in [-0.2, -0.15) is 0 Å². The lowest BCUT2D eigenvalue weighted by Gasteiger charge is -2.28. The number of carboxylic acid groups (broad SMARTS) is 1. The Morgan fingerprint density at radius 1 is 1.27 bits per heavy atom. The van der Waals surface area contributed by atoms with Gasteiger partial charge in [0.1, 0.15) is 6.54 Å². The van der Waals surface area contributed by atoms with Crippen molar-refractivity contribution in [2.75, 3.05) is 27.7 Å². The normalized spacial score (nSPS) is 17.4. The number of nitrogens with zero attached hydrogens (tertiary/aromatic N) is 1. The Labute approximate surface area is 138 Å². The second-order valence-corrected chi connectivity index (χ2v) is 6.28. The minimum absolute atomic E-state index is 0.0161. The van der Waals surface area contributed by atoms with E-state index in [9.17, 15) is 9.59 Å². The molecular formula is C17H32NO4+. The van der Waals surface area contributed by atoms with Gasteiger partial charge >= 0.3 is 11.9 Å². The van der Waals surface area contributed by atoms with Crippen molar-refractivity contribution in [3.8, 4) is 0 Å². The van der Waals surface area contributed by atoms with E-state index < -0.39 is 24.4 Å². The van der Waals surface area contributed by atoms with Crippen molar-refractivity contribution in [1.29, 1.82) is 0 Å². The molecule has 5 nitrogen and oxygen atoms in total. The van der Waals surface area contributed by atoms with E-state index in [2.05, 4.69) is 6.92 Å². The molecule has 0 aromatic carbocycles. The lowest BCUT2D eigenvalue weighted by Crippen LogP contribution is -2.43. The molecule has 0 radical (unpaired) electrons. The van der Waals surface area contributed by atoms with Crippen LogP contribution in [-0.4, -0.2) is 55.3 Å². The van der Waals surface area contributed by atoms with E-state index in [1.165, 1.54) is 0 Å².